The fraction of sp³-hybridized carbons (Fsp3) is 0.600. The van der Waals surface area contributed by atoms with Gasteiger partial charge < -0.3 is 5.11 Å². The summed E-state index contributed by atoms with van der Waals surface area (Å²) in [6.45, 7) is 7.87. The summed E-state index contributed by atoms with van der Waals surface area (Å²) >= 11 is 0. The number of hydrogen-bond acceptors (Lipinski definition) is 1. The molecule has 0 unspecified atom stereocenters. The molecule has 0 saturated carbocycles. The monoisotopic (exact) mass is 154 g/mol. The van der Waals surface area contributed by atoms with E-state index in [0.29, 0.717) is 0 Å². The number of aliphatic hydroxyl groups is 1. The van der Waals surface area contributed by atoms with Gasteiger partial charge in [0.05, 0.1) is 6.10 Å². The van der Waals surface area contributed by atoms with E-state index in [2.05, 4.69) is 0 Å². The van der Waals surface area contributed by atoms with Gasteiger partial charge in [-0.2, -0.15) is 0 Å². The second kappa shape index (κ2) is 5.14. The van der Waals surface area contributed by atoms with Crippen LogP contribution in [0.3, 0.4) is 0 Å². The number of rotatable bonds is 3. The summed E-state index contributed by atoms with van der Waals surface area (Å²) in [6, 6.07) is 0. The van der Waals surface area contributed by atoms with Crippen LogP contribution in [0, 0.1) is 5.92 Å². The lowest BCUT2D eigenvalue weighted by Crippen LogP contribution is -2.13. The smallest absolute Gasteiger partial charge is 0.0574 e. The van der Waals surface area contributed by atoms with Gasteiger partial charge in [0.1, 0.15) is 0 Å². The summed E-state index contributed by atoms with van der Waals surface area (Å²) in [7, 11) is 0. The quantitative estimate of drug-likeness (QED) is 0.619. The minimum absolute atomic E-state index is 0.253. The summed E-state index contributed by atoms with van der Waals surface area (Å²) in [5.41, 5.74) is 1.22. The first kappa shape index (κ1) is 10.4. The first-order valence-corrected chi connectivity index (χ1v) is 4.07. The molecule has 0 rings (SSSR count). The predicted octanol–water partition coefficient (Wildman–Crippen LogP) is 2.53. The molecule has 0 saturated heterocycles. The molecule has 0 aliphatic carbocycles. The molecule has 64 valence electrons. The standard InChI is InChI=1S/C10H18O/c1-5-6-7-8(2)9(3)10(4)11/h5-7,9-11H,1-4H3/b6-5+,8-7-/t9-,10+/m0/s1. The number of hydrogen-bond donors (Lipinski definition) is 1. The van der Waals surface area contributed by atoms with Crippen LogP contribution >= 0.6 is 0 Å². The lowest BCUT2D eigenvalue weighted by atomic mass is 9.97. The Morgan fingerprint density at radius 3 is 2.27 bits per heavy atom. The molecule has 0 bridgehead atoms. The molecule has 0 fully saturated rings. The molecular formula is C10H18O. The number of allylic oxidation sites excluding steroid dienone is 3. The van der Waals surface area contributed by atoms with E-state index in [1.54, 1.807) is 0 Å². The van der Waals surface area contributed by atoms with Crippen molar-refractivity contribution in [2.24, 2.45) is 5.92 Å². The van der Waals surface area contributed by atoms with Crippen molar-refractivity contribution in [1.29, 1.82) is 0 Å². The Kier molecular flexibility index (Phi) is 4.88. The van der Waals surface area contributed by atoms with Gasteiger partial charge in [-0.05, 0) is 20.8 Å². The summed E-state index contributed by atoms with van der Waals surface area (Å²) in [5.74, 6) is 0.256. The van der Waals surface area contributed by atoms with Gasteiger partial charge in [0, 0.05) is 5.92 Å². The van der Waals surface area contributed by atoms with Gasteiger partial charge in [-0.25, -0.2) is 0 Å². The van der Waals surface area contributed by atoms with E-state index in [1.807, 2.05) is 45.9 Å². The minimum Gasteiger partial charge on any atom is -0.393 e. The van der Waals surface area contributed by atoms with Gasteiger partial charge in [-0.1, -0.05) is 30.7 Å². The van der Waals surface area contributed by atoms with Gasteiger partial charge in [0.15, 0.2) is 0 Å². The Labute approximate surface area is 69.4 Å². The molecule has 1 heteroatoms. The summed E-state index contributed by atoms with van der Waals surface area (Å²) in [5, 5.41) is 9.23. The van der Waals surface area contributed by atoms with E-state index in [1.165, 1.54) is 5.57 Å². The van der Waals surface area contributed by atoms with E-state index in [9.17, 15) is 5.11 Å². The van der Waals surface area contributed by atoms with E-state index in [-0.39, 0.29) is 12.0 Å². The summed E-state index contributed by atoms with van der Waals surface area (Å²) in [4.78, 5) is 0. The van der Waals surface area contributed by atoms with Crippen molar-refractivity contribution in [3.63, 3.8) is 0 Å². The molecule has 0 aromatic heterocycles. The molecular weight excluding hydrogens is 136 g/mol. The van der Waals surface area contributed by atoms with Crippen LogP contribution in [0.15, 0.2) is 23.8 Å². The summed E-state index contributed by atoms with van der Waals surface area (Å²) < 4.78 is 0. The highest BCUT2D eigenvalue weighted by Gasteiger charge is 2.08. The molecule has 2 atom stereocenters. The van der Waals surface area contributed by atoms with E-state index in [4.69, 9.17) is 0 Å². The van der Waals surface area contributed by atoms with Crippen molar-refractivity contribution in [3.8, 4) is 0 Å². The first-order chi connectivity index (χ1) is 5.09. The molecule has 11 heavy (non-hydrogen) atoms. The molecule has 0 heterocycles. The third-order valence-corrected chi connectivity index (χ3v) is 1.99. The van der Waals surface area contributed by atoms with E-state index >= 15 is 0 Å². The Morgan fingerprint density at radius 1 is 1.36 bits per heavy atom. The molecule has 0 radical (unpaired) electrons. The lowest BCUT2D eigenvalue weighted by molar-refractivity contribution is 0.152. The van der Waals surface area contributed by atoms with Gasteiger partial charge >= 0.3 is 0 Å². The molecule has 0 aromatic rings. The molecule has 0 aliphatic rings. The van der Waals surface area contributed by atoms with Crippen molar-refractivity contribution >= 4 is 0 Å². The fourth-order valence-electron chi connectivity index (χ4n) is 0.780. The highest BCUT2D eigenvalue weighted by Crippen LogP contribution is 2.13. The largest absolute Gasteiger partial charge is 0.393 e. The van der Waals surface area contributed by atoms with Gasteiger partial charge in [0.25, 0.3) is 0 Å². The predicted molar refractivity (Wildman–Crippen MR) is 49.4 cm³/mol. The van der Waals surface area contributed by atoms with Crippen LogP contribution in [0.25, 0.3) is 0 Å². The average Bonchev–Trinajstić information content (AvgIpc) is 1.98. The zero-order valence-electron chi connectivity index (χ0n) is 7.83. The molecule has 1 N–H and O–H groups in total. The van der Waals surface area contributed by atoms with Gasteiger partial charge in [-0.15, -0.1) is 0 Å². The Morgan fingerprint density at radius 2 is 1.91 bits per heavy atom. The van der Waals surface area contributed by atoms with Crippen LogP contribution in [0.4, 0.5) is 0 Å². The second-order valence-corrected chi connectivity index (χ2v) is 2.97. The van der Waals surface area contributed by atoms with Crippen LogP contribution in [0.5, 0.6) is 0 Å². The first-order valence-electron chi connectivity index (χ1n) is 4.07. The van der Waals surface area contributed by atoms with Crippen LogP contribution in [-0.4, -0.2) is 11.2 Å². The average molecular weight is 154 g/mol. The van der Waals surface area contributed by atoms with E-state index in [0.717, 1.165) is 0 Å². The summed E-state index contributed by atoms with van der Waals surface area (Å²) in [6.07, 6.45) is 5.76. The maximum atomic E-state index is 9.23. The van der Waals surface area contributed by atoms with Crippen LogP contribution < -0.4 is 0 Å². The third-order valence-electron chi connectivity index (χ3n) is 1.99. The SMILES string of the molecule is C/C=C/C=C(/C)[C@H](C)[C@@H](C)O. The molecule has 0 aliphatic heterocycles. The van der Waals surface area contributed by atoms with Crippen molar-refractivity contribution in [2.45, 2.75) is 33.8 Å². The Bertz CT molecular complexity index is 154. The van der Waals surface area contributed by atoms with Crippen LogP contribution in [0.1, 0.15) is 27.7 Å². The fourth-order valence-corrected chi connectivity index (χ4v) is 0.780. The van der Waals surface area contributed by atoms with Crippen molar-refractivity contribution in [3.05, 3.63) is 23.8 Å². The second-order valence-electron chi connectivity index (χ2n) is 2.97. The Balaban J connectivity index is 4.11. The van der Waals surface area contributed by atoms with Crippen molar-refractivity contribution in [2.75, 3.05) is 0 Å². The molecule has 1 nitrogen and oxygen atoms in total. The maximum Gasteiger partial charge on any atom is 0.0574 e. The van der Waals surface area contributed by atoms with E-state index < -0.39 is 0 Å². The molecule has 0 spiro atoms. The zero-order valence-corrected chi connectivity index (χ0v) is 7.83. The highest BCUT2D eigenvalue weighted by atomic mass is 16.3. The molecule has 0 amide bonds. The highest BCUT2D eigenvalue weighted by molar-refractivity contribution is 5.12. The normalized spacial score (nSPS) is 18.8. The number of aliphatic hydroxyl groups excluding tert-OH is 1. The topological polar surface area (TPSA) is 20.2 Å². The van der Waals surface area contributed by atoms with Gasteiger partial charge in [0.2, 0.25) is 0 Å². The zero-order chi connectivity index (χ0) is 8.85. The van der Waals surface area contributed by atoms with Crippen LogP contribution in [-0.2, 0) is 0 Å². The molecule has 0 aromatic carbocycles. The minimum atomic E-state index is -0.253. The third kappa shape index (κ3) is 3.99. The van der Waals surface area contributed by atoms with Crippen LogP contribution in [0.2, 0.25) is 0 Å². The maximum absolute atomic E-state index is 9.23. The lowest BCUT2D eigenvalue weighted by Gasteiger charge is -2.14. The van der Waals surface area contributed by atoms with Gasteiger partial charge in [-0.3, -0.25) is 0 Å². The van der Waals surface area contributed by atoms with Crippen molar-refractivity contribution in [1.82, 2.24) is 0 Å². The Hall–Kier alpha value is -0.560. The van der Waals surface area contributed by atoms with Crippen molar-refractivity contribution < 1.29 is 5.11 Å².